The van der Waals surface area contributed by atoms with Crippen molar-refractivity contribution in [3.05, 3.63) is 48.5 Å². The molecule has 0 bridgehead atoms. The van der Waals surface area contributed by atoms with Gasteiger partial charge in [0.15, 0.2) is 22.2 Å². The summed E-state index contributed by atoms with van der Waals surface area (Å²) >= 11 is -4.53. The molecule has 84 heavy (non-hydrogen) atoms. The van der Waals surface area contributed by atoms with Gasteiger partial charge in [-0.3, -0.25) is 4.18 Å². The number of unbranched alkanes of at least 4 members (excludes halogenated alkanes) is 9. The summed E-state index contributed by atoms with van der Waals surface area (Å²) in [5.74, 6) is 1.93. The van der Waals surface area contributed by atoms with Crippen molar-refractivity contribution in [1.29, 1.82) is 0 Å². The highest BCUT2D eigenvalue weighted by Gasteiger charge is 2.19. The number of rotatable bonds is 60. The zero-order valence-corrected chi connectivity index (χ0v) is 56.1. The summed E-state index contributed by atoms with van der Waals surface area (Å²) < 4.78 is 82.7. The summed E-state index contributed by atoms with van der Waals surface area (Å²) in [4.78, 5) is 6.95. The third-order valence-electron chi connectivity index (χ3n) is 14.0. The Bertz CT molecular complexity index is 1870. The number of aliphatic hydroxyl groups is 2. The second kappa shape index (κ2) is 52.6. The topological polar surface area (TPSA) is 176 Å². The van der Waals surface area contributed by atoms with Gasteiger partial charge in [-0.15, -0.1) is 0 Å². The molecular formula is C63H118N6O12S3. The van der Waals surface area contributed by atoms with Gasteiger partial charge in [-0.1, -0.05) is 107 Å². The van der Waals surface area contributed by atoms with Gasteiger partial charge in [0.05, 0.1) is 31.3 Å². The van der Waals surface area contributed by atoms with E-state index in [2.05, 4.69) is 70.1 Å². The van der Waals surface area contributed by atoms with Crippen molar-refractivity contribution in [3.8, 4) is 11.5 Å². The second-order valence-electron chi connectivity index (χ2n) is 21.8. The molecular weight excluding hydrogens is 1130 g/mol. The number of nitrogens with zero attached hydrogens (tertiary/aromatic N) is 6. The van der Waals surface area contributed by atoms with Crippen LogP contribution in [0, 0.1) is 0 Å². The average Bonchev–Trinajstić information content (AvgIpc) is 3.68. The Morgan fingerprint density at radius 2 is 0.750 bits per heavy atom. The molecule has 490 valence electrons. The number of hydrogen-bond donors (Lipinski definition) is 2. The van der Waals surface area contributed by atoms with E-state index in [0.29, 0.717) is 50.1 Å². The average molecular weight is 1250 g/mol. The van der Waals surface area contributed by atoms with Gasteiger partial charge >= 0.3 is 0 Å². The molecule has 5 unspecified atom stereocenters. The molecule has 0 spiro atoms. The van der Waals surface area contributed by atoms with Gasteiger partial charge in [-0.25, -0.2) is 16.9 Å². The fourth-order valence-corrected chi connectivity index (χ4v) is 11.4. The van der Waals surface area contributed by atoms with E-state index in [1.54, 1.807) is 0 Å². The zero-order valence-electron chi connectivity index (χ0n) is 53.6. The van der Waals surface area contributed by atoms with E-state index < -0.39 is 45.6 Å². The van der Waals surface area contributed by atoms with Crippen LogP contribution in [0.4, 0.5) is 11.4 Å². The van der Waals surface area contributed by atoms with Crippen LogP contribution in [-0.4, -0.2) is 197 Å². The number of ether oxygens (including phenoxy) is 4. The van der Waals surface area contributed by atoms with Crippen LogP contribution in [0.1, 0.15) is 177 Å². The molecule has 0 radical (unpaired) electrons. The Balaban J connectivity index is 1.83. The van der Waals surface area contributed by atoms with Crippen molar-refractivity contribution in [2.75, 3.05) is 153 Å². The van der Waals surface area contributed by atoms with Gasteiger partial charge in [0, 0.05) is 90.0 Å². The van der Waals surface area contributed by atoms with E-state index in [-0.39, 0.29) is 38.8 Å². The number of hydroxylamine groups is 4. The first-order valence-electron chi connectivity index (χ1n) is 32.6. The second-order valence-corrected chi connectivity index (χ2v) is 25.3. The monoisotopic (exact) mass is 1250 g/mol. The Hall–Kier alpha value is -2.35. The number of anilines is 2. The van der Waals surface area contributed by atoms with Crippen molar-refractivity contribution in [2.24, 2.45) is 0 Å². The van der Waals surface area contributed by atoms with Gasteiger partial charge < -0.3 is 43.9 Å². The lowest BCUT2D eigenvalue weighted by atomic mass is 10.2. The molecule has 2 aromatic carbocycles. The number of benzene rings is 2. The minimum atomic E-state index is -1.56. The number of aliphatic hydroxyl groups excluding tert-OH is 2. The summed E-state index contributed by atoms with van der Waals surface area (Å²) in [6.07, 6.45) is 17.6. The lowest BCUT2D eigenvalue weighted by Crippen LogP contribution is -2.35. The fraction of sp³-hybridized carbons (Fsp3) is 0.810. The minimum absolute atomic E-state index is 0.0535. The molecule has 2 N–H and O–H groups in total. The molecule has 2 aromatic rings. The summed E-state index contributed by atoms with van der Waals surface area (Å²) in [6, 6.07) is 15.4. The van der Waals surface area contributed by atoms with Gasteiger partial charge in [0.25, 0.3) is 0 Å². The molecule has 0 aromatic heterocycles. The molecule has 21 heteroatoms. The van der Waals surface area contributed by atoms with Crippen LogP contribution in [-0.2, 0) is 55.7 Å². The molecule has 0 amide bonds. The zero-order chi connectivity index (χ0) is 61.3. The van der Waals surface area contributed by atoms with Crippen molar-refractivity contribution in [2.45, 2.75) is 190 Å². The highest BCUT2D eigenvalue weighted by molar-refractivity contribution is 7.80. The van der Waals surface area contributed by atoms with E-state index in [9.17, 15) is 22.8 Å². The first kappa shape index (κ1) is 77.7. The molecule has 0 aliphatic carbocycles. The van der Waals surface area contributed by atoms with Gasteiger partial charge in [-0.05, 0) is 139 Å². The molecule has 5 atom stereocenters. The predicted molar refractivity (Wildman–Crippen MR) is 349 cm³/mol. The Morgan fingerprint density at radius 1 is 0.393 bits per heavy atom. The van der Waals surface area contributed by atoms with Crippen LogP contribution in [0.5, 0.6) is 11.5 Å². The highest BCUT2D eigenvalue weighted by Crippen LogP contribution is 2.23. The lowest BCUT2D eigenvalue weighted by molar-refractivity contribution is -0.0466. The quantitative estimate of drug-likeness (QED) is 0.0472. The molecule has 0 saturated heterocycles. The van der Waals surface area contributed by atoms with Crippen molar-refractivity contribution >= 4 is 44.8 Å². The van der Waals surface area contributed by atoms with E-state index in [1.165, 1.54) is 25.7 Å². The molecule has 2 rings (SSSR count). The van der Waals surface area contributed by atoms with Gasteiger partial charge in [-0.2, -0.15) is 18.7 Å². The third kappa shape index (κ3) is 38.8. The third-order valence-corrected chi connectivity index (χ3v) is 17.0. The normalized spacial score (nSPS) is 13.7. The van der Waals surface area contributed by atoms with Crippen LogP contribution in [0.15, 0.2) is 48.5 Å². The van der Waals surface area contributed by atoms with Crippen molar-refractivity contribution in [3.63, 3.8) is 0 Å². The molecule has 18 nitrogen and oxygen atoms in total. The van der Waals surface area contributed by atoms with Gasteiger partial charge in [0.1, 0.15) is 36.9 Å². The molecule has 0 aliphatic heterocycles. The Morgan fingerprint density at radius 3 is 1.14 bits per heavy atom. The van der Waals surface area contributed by atoms with E-state index in [1.807, 2.05) is 63.0 Å². The predicted octanol–water partition coefficient (Wildman–Crippen LogP) is 11.1. The first-order chi connectivity index (χ1) is 40.9. The molecule has 0 heterocycles. The van der Waals surface area contributed by atoms with Crippen LogP contribution in [0.25, 0.3) is 0 Å². The number of hydrogen-bond acceptors (Lipinski definition) is 17. The van der Waals surface area contributed by atoms with E-state index in [4.69, 9.17) is 31.7 Å². The maximum Gasteiger partial charge on any atom is 0.237 e. The Kier molecular flexibility index (Phi) is 48.7. The molecule has 0 aliphatic rings. The summed E-state index contributed by atoms with van der Waals surface area (Å²) in [5.41, 5.74) is 1.90. The van der Waals surface area contributed by atoms with E-state index >= 15 is 0 Å². The first-order valence-corrected chi connectivity index (χ1v) is 36.1. The van der Waals surface area contributed by atoms with Crippen LogP contribution in [0.3, 0.4) is 0 Å². The van der Waals surface area contributed by atoms with Crippen LogP contribution in [0.2, 0.25) is 0 Å². The fourth-order valence-electron chi connectivity index (χ4n) is 8.77. The standard InChI is InChI=1S/C63H118N6O12S3/c1-9-17-36-64(37-18-10-2)38-27-39-65(47-52-82(72)80-67(40-19-11-3)41-20-12-4)58-28-32-62(33-29-58)77-56-60(70)54-75-49-25-26-50-76-55-61(71)57-78-63-34-30-59(31-35-63)66(46-51-79-84(74)69(44-23-15-7)45-24-16-8)48-53-83(73)81-68(42-21-13-5)43-22-14-6/h28-35,60-61,70-71H,9-27,36-57H2,1-8H3. The van der Waals surface area contributed by atoms with Gasteiger partial charge in [0.2, 0.25) is 11.3 Å². The Labute approximate surface area is 518 Å². The molecule has 0 fully saturated rings. The summed E-state index contributed by atoms with van der Waals surface area (Å²) in [6.45, 7) is 28.9. The van der Waals surface area contributed by atoms with Crippen molar-refractivity contribution < 1.29 is 54.5 Å². The maximum atomic E-state index is 13.2. The summed E-state index contributed by atoms with van der Waals surface area (Å²) in [5, 5.41) is 25.0. The lowest BCUT2D eigenvalue weighted by Gasteiger charge is -2.28. The minimum Gasteiger partial charge on any atom is -0.491 e. The smallest absolute Gasteiger partial charge is 0.237 e. The largest absolute Gasteiger partial charge is 0.491 e. The highest BCUT2D eigenvalue weighted by atomic mass is 32.2. The SMILES string of the molecule is CCCCN(CCCC)CCCN(CCS(=O)ON(CCCC)CCCC)c1ccc(OCC(O)COCCCCOCC(O)COc2ccc(N(CCOS(=O)N(CCCC)CCCC)CCS(=O)ON(CCCC)CCCC)cc2)cc1. The van der Waals surface area contributed by atoms with Crippen LogP contribution < -0.4 is 19.3 Å². The van der Waals surface area contributed by atoms with Crippen LogP contribution >= 0.6 is 0 Å². The summed E-state index contributed by atoms with van der Waals surface area (Å²) in [7, 11) is 0. The molecule has 0 saturated carbocycles. The van der Waals surface area contributed by atoms with E-state index in [0.717, 1.165) is 173 Å². The van der Waals surface area contributed by atoms with Crippen molar-refractivity contribution in [1.82, 2.24) is 19.3 Å². The maximum absolute atomic E-state index is 13.2.